The number of hydrogen-bond acceptors (Lipinski definition) is 5. The van der Waals surface area contributed by atoms with Crippen LogP contribution in [0.3, 0.4) is 0 Å². The normalized spacial score (nSPS) is 30.2. The summed E-state index contributed by atoms with van der Waals surface area (Å²) in [5.41, 5.74) is 8.01. The molecular weight excluding hydrogens is 265 g/mol. The molecule has 1 saturated heterocycles. The lowest BCUT2D eigenvalue weighted by atomic mass is 9.99. The Morgan fingerprint density at radius 3 is 2.85 bits per heavy atom. The largest absolute Gasteiger partial charge is 0.398 e. The van der Waals surface area contributed by atoms with Gasteiger partial charge in [-0.05, 0) is 17.2 Å². The van der Waals surface area contributed by atoms with Crippen LogP contribution in [0.5, 0.6) is 0 Å². The van der Waals surface area contributed by atoms with Crippen molar-refractivity contribution in [2.24, 2.45) is 0 Å². The lowest BCUT2D eigenvalue weighted by Crippen LogP contribution is -2.63. The zero-order valence-corrected chi connectivity index (χ0v) is 10.6. The minimum atomic E-state index is -2.40. The summed E-state index contributed by atoms with van der Waals surface area (Å²) >= 11 is 0. The first kappa shape index (κ1) is 13.0. The van der Waals surface area contributed by atoms with Gasteiger partial charge in [0.05, 0.1) is 0 Å². The number of alkyl halides is 1. The maximum Gasteiger partial charge on any atom is 0.279 e. The number of carbonyl (C=O) groups excluding carboxylic acids is 2. The molecule has 2 unspecified atom stereocenters. The molecule has 2 heterocycles. The molecule has 6 nitrogen and oxygen atoms in total. The quantitative estimate of drug-likeness (QED) is 0.371. The van der Waals surface area contributed by atoms with E-state index in [1.54, 1.807) is 12.1 Å². The highest BCUT2D eigenvalue weighted by molar-refractivity contribution is 6.03. The summed E-state index contributed by atoms with van der Waals surface area (Å²) in [6, 6.07) is 5.30. The molecule has 2 aliphatic heterocycles. The first-order valence-electron chi connectivity index (χ1n) is 6.25. The Bertz CT molecular complexity index is 607. The molecule has 0 saturated carbocycles. The number of fused-ring (bicyclic) bond motifs is 1. The number of benzene rings is 1. The van der Waals surface area contributed by atoms with Crippen molar-refractivity contribution >= 4 is 17.5 Å². The van der Waals surface area contributed by atoms with Crippen LogP contribution < -0.4 is 11.1 Å². The SMILES string of the molecule is Nc1cccc2c1CN(C1(F)CC(O)C(=O)NC1=O)C2. The molecule has 20 heavy (non-hydrogen) atoms. The number of rotatable bonds is 1. The van der Waals surface area contributed by atoms with E-state index in [9.17, 15) is 19.1 Å². The van der Waals surface area contributed by atoms with Crippen LogP contribution in [-0.2, 0) is 22.7 Å². The van der Waals surface area contributed by atoms with Gasteiger partial charge in [0.2, 0.25) is 5.79 Å². The molecule has 0 aliphatic carbocycles. The van der Waals surface area contributed by atoms with Gasteiger partial charge in [-0.3, -0.25) is 19.8 Å². The fraction of sp³-hybridized carbons (Fsp3) is 0.385. The molecule has 3 rings (SSSR count). The minimum Gasteiger partial charge on any atom is -0.398 e. The van der Waals surface area contributed by atoms with Gasteiger partial charge in [-0.25, -0.2) is 4.39 Å². The molecule has 1 fully saturated rings. The van der Waals surface area contributed by atoms with Gasteiger partial charge in [-0.1, -0.05) is 12.1 Å². The van der Waals surface area contributed by atoms with Crippen LogP contribution in [0.25, 0.3) is 0 Å². The van der Waals surface area contributed by atoms with Crippen LogP contribution in [0.4, 0.5) is 10.1 Å². The summed E-state index contributed by atoms with van der Waals surface area (Å²) in [5.74, 6) is -4.29. The number of nitrogens with two attached hydrogens (primary N) is 1. The third-order valence-corrected chi connectivity index (χ3v) is 3.87. The standard InChI is InChI=1S/C13H14FN3O3/c14-13(4-10(18)11(19)16-12(13)20)17-5-7-2-1-3-9(15)8(7)6-17/h1-3,10,18H,4-6,15H2,(H,16,19,20). The van der Waals surface area contributed by atoms with Crippen LogP contribution in [0.2, 0.25) is 0 Å². The number of amides is 2. The summed E-state index contributed by atoms with van der Waals surface area (Å²) < 4.78 is 15.0. The van der Waals surface area contributed by atoms with E-state index in [0.717, 1.165) is 11.1 Å². The number of piperidine rings is 1. The number of nitrogen functional groups attached to an aromatic ring is 1. The number of aliphatic hydroxyl groups excluding tert-OH is 1. The van der Waals surface area contributed by atoms with Crippen LogP contribution in [0.1, 0.15) is 17.5 Å². The highest BCUT2D eigenvalue weighted by Gasteiger charge is 2.53. The molecule has 2 atom stereocenters. The molecule has 1 aromatic rings. The maximum absolute atomic E-state index is 15.0. The average Bonchev–Trinajstić information content (AvgIpc) is 2.83. The van der Waals surface area contributed by atoms with Crippen molar-refractivity contribution < 1.29 is 19.1 Å². The van der Waals surface area contributed by atoms with Crippen LogP contribution >= 0.6 is 0 Å². The first-order valence-corrected chi connectivity index (χ1v) is 6.25. The molecule has 106 valence electrons. The Balaban J connectivity index is 1.90. The summed E-state index contributed by atoms with van der Waals surface area (Å²) in [6.45, 7) is 0.387. The van der Waals surface area contributed by atoms with E-state index in [1.807, 2.05) is 11.4 Å². The lowest BCUT2D eigenvalue weighted by Gasteiger charge is -2.37. The van der Waals surface area contributed by atoms with Crippen molar-refractivity contribution in [3.05, 3.63) is 29.3 Å². The summed E-state index contributed by atoms with van der Waals surface area (Å²) in [6.07, 6.45) is -2.09. The number of halogens is 1. The van der Waals surface area contributed by atoms with E-state index in [2.05, 4.69) is 0 Å². The summed E-state index contributed by atoms with van der Waals surface area (Å²) in [4.78, 5) is 24.3. The molecule has 1 aromatic carbocycles. The molecule has 2 amide bonds. The van der Waals surface area contributed by atoms with Crippen LogP contribution in [-0.4, -0.2) is 33.7 Å². The van der Waals surface area contributed by atoms with Gasteiger partial charge in [-0.15, -0.1) is 0 Å². The van der Waals surface area contributed by atoms with Gasteiger partial charge in [0.25, 0.3) is 11.8 Å². The second kappa shape index (κ2) is 4.26. The number of anilines is 1. The van der Waals surface area contributed by atoms with Crippen LogP contribution in [0, 0.1) is 0 Å². The van der Waals surface area contributed by atoms with Crippen molar-refractivity contribution in [2.45, 2.75) is 31.4 Å². The van der Waals surface area contributed by atoms with E-state index in [0.29, 0.717) is 5.69 Å². The van der Waals surface area contributed by atoms with Gasteiger partial charge in [0.15, 0.2) is 0 Å². The Hall–Kier alpha value is -1.99. The molecule has 4 N–H and O–H groups in total. The van der Waals surface area contributed by atoms with Crippen molar-refractivity contribution in [1.82, 2.24) is 10.2 Å². The number of imide groups is 1. The average molecular weight is 279 g/mol. The topological polar surface area (TPSA) is 95.7 Å². The molecule has 0 radical (unpaired) electrons. The number of nitrogens with one attached hydrogen (secondary N) is 1. The van der Waals surface area contributed by atoms with Crippen LogP contribution in [0.15, 0.2) is 18.2 Å². The van der Waals surface area contributed by atoms with E-state index in [1.165, 1.54) is 4.90 Å². The zero-order valence-electron chi connectivity index (χ0n) is 10.6. The van der Waals surface area contributed by atoms with E-state index < -0.39 is 30.1 Å². The molecule has 0 bridgehead atoms. The van der Waals surface area contributed by atoms with Crippen molar-refractivity contribution in [1.29, 1.82) is 0 Å². The summed E-state index contributed by atoms with van der Waals surface area (Å²) in [7, 11) is 0. The predicted molar refractivity (Wildman–Crippen MR) is 67.7 cm³/mol. The van der Waals surface area contributed by atoms with E-state index in [-0.39, 0.29) is 13.1 Å². The van der Waals surface area contributed by atoms with Crippen molar-refractivity contribution in [3.8, 4) is 0 Å². The Morgan fingerprint density at radius 1 is 1.40 bits per heavy atom. The fourth-order valence-electron chi connectivity index (χ4n) is 2.70. The van der Waals surface area contributed by atoms with Gasteiger partial charge >= 0.3 is 0 Å². The first-order chi connectivity index (χ1) is 9.41. The Morgan fingerprint density at radius 2 is 2.15 bits per heavy atom. The fourth-order valence-corrected chi connectivity index (χ4v) is 2.70. The number of aliphatic hydroxyl groups is 1. The smallest absolute Gasteiger partial charge is 0.279 e. The molecule has 0 spiro atoms. The second-order valence-corrected chi connectivity index (χ2v) is 5.14. The second-order valence-electron chi connectivity index (χ2n) is 5.14. The summed E-state index contributed by atoms with van der Waals surface area (Å²) in [5, 5.41) is 11.4. The highest BCUT2D eigenvalue weighted by Crippen LogP contribution is 2.37. The van der Waals surface area contributed by atoms with Gasteiger partial charge in [0, 0.05) is 25.2 Å². The minimum absolute atomic E-state index is 0.173. The third-order valence-electron chi connectivity index (χ3n) is 3.87. The number of hydrogen-bond donors (Lipinski definition) is 3. The van der Waals surface area contributed by atoms with Crippen molar-refractivity contribution in [3.63, 3.8) is 0 Å². The maximum atomic E-state index is 15.0. The van der Waals surface area contributed by atoms with Crippen molar-refractivity contribution in [2.75, 3.05) is 5.73 Å². The molecule has 2 aliphatic rings. The van der Waals surface area contributed by atoms with E-state index in [4.69, 9.17) is 5.73 Å². The molecule has 7 heteroatoms. The third kappa shape index (κ3) is 1.78. The van der Waals surface area contributed by atoms with Gasteiger partial charge in [-0.2, -0.15) is 0 Å². The number of nitrogens with zero attached hydrogens (tertiary/aromatic N) is 1. The molecular formula is C13H14FN3O3. The highest BCUT2D eigenvalue weighted by atomic mass is 19.1. The monoisotopic (exact) mass is 279 g/mol. The zero-order chi connectivity index (χ0) is 14.5. The molecule has 0 aromatic heterocycles. The van der Waals surface area contributed by atoms with Gasteiger partial charge < -0.3 is 10.8 Å². The van der Waals surface area contributed by atoms with E-state index >= 15 is 0 Å². The Labute approximate surface area is 114 Å². The van der Waals surface area contributed by atoms with Gasteiger partial charge in [0.1, 0.15) is 6.10 Å². The lowest BCUT2D eigenvalue weighted by molar-refractivity contribution is -0.167. The number of carbonyl (C=O) groups is 2. The predicted octanol–water partition coefficient (Wildman–Crippen LogP) is -0.342. The Kier molecular flexibility index (Phi) is 2.77.